The maximum atomic E-state index is 12.9. The first-order valence-electron chi connectivity index (χ1n) is 7.76. The van der Waals surface area contributed by atoms with Gasteiger partial charge in [0.15, 0.2) is 0 Å². The Bertz CT molecular complexity index is 776. The predicted molar refractivity (Wildman–Crippen MR) is 91.5 cm³/mol. The van der Waals surface area contributed by atoms with Crippen molar-refractivity contribution in [2.45, 2.75) is 19.5 Å². The summed E-state index contributed by atoms with van der Waals surface area (Å²) in [6.07, 6.45) is 6.95. The molecule has 0 radical (unpaired) electrons. The lowest BCUT2D eigenvalue weighted by atomic mass is 10.2. The van der Waals surface area contributed by atoms with Gasteiger partial charge in [-0.15, -0.1) is 0 Å². The highest BCUT2D eigenvalue weighted by Gasteiger charge is 2.20. The lowest BCUT2D eigenvalue weighted by Gasteiger charge is -2.19. The number of rotatable bonds is 9. The van der Waals surface area contributed by atoms with Gasteiger partial charge in [0.05, 0.1) is 19.1 Å². The Kier molecular flexibility index (Phi) is 6.65. The fraction of sp³-hybridized carbons (Fsp3) is 0.375. The van der Waals surface area contributed by atoms with Crippen LogP contribution in [0, 0.1) is 5.82 Å². The van der Waals surface area contributed by atoms with E-state index in [9.17, 15) is 17.6 Å². The fourth-order valence-electron chi connectivity index (χ4n) is 2.21. The van der Waals surface area contributed by atoms with Gasteiger partial charge in [-0.3, -0.25) is 4.79 Å². The number of amides is 1. The van der Waals surface area contributed by atoms with Crippen molar-refractivity contribution < 1.29 is 17.6 Å². The number of aromatic nitrogens is 2. The van der Waals surface area contributed by atoms with Gasteiger partial charge in [0, 0.05) is 32.0 Å². The molecule has 136 valence electrons. The van der Waals surface area contributed by atoms with Gasteiger partial charge in [-0.05, 0) is 24.1 Å². The van der Waals surface area contributed by atoms with Gasteiger partial charge in [0.1, 0.15) is 5.82 Å². The molecule has 0 aliphatic carbocycles. The molecule has 7 nitrogen and oxygen atoms in total. The normalized spacial score (nSPS) is 11.6. The van der Waals surface area contributed by atoms with Crippen molar-refractivity contribution in [2.24, 2.45) is 0 Å². The average Bonchev–Trinajstić information content (AvgIpc) is 3.05. The first-order chi connectivity index (χ1) is 11.8. The highest BCUT2D eigenvalue weighted by molar-refractivity contribution is 7.88. The fourth-order valence-corrected chi connectivity index (χ4v) is 2.94. The number of sulfonamides is 1. The number of halogens is 1. The SMILES string of the molecule is CS(=O)(=O)N(CC(=O)NCCCn1ccnc1)Cc1ccc(F)cc1. The number of hydrogen-bond acceptors (Lipinski definition) is 4. The summed E-state index contributed by atoms with van der Waals surface area (Å²) in [6, 6.07) is 5.50. The van der Waals surface area contributed by atoms with Crippen molar-refractivity contribution in [3.63, 3.8) is 0 Å². The molecule has 1 aromatic carbocycles. The van der Waals surface area contributed by atoms with Crippen LogP contribution in [0.3, 0.4) is 0 Å². The summed E-state index contributed by atoms with van der Waals surface area (Å²) in [5.41, 5.74) is 0.611. The molecule has 0 atom stereocenters. The van der Waals surface area contributed by atoms with E-state index >= 15 is 0 Å². The monoisotopic (exact) mass is 368 g/mol. The molecule has 0 unspecified atom stereocenters. The molecule has 0 spiro atoms. The molecule has 0 bridgehead atoms. The van der Waals surface area contributed by atoms with Gasteiger partial charge in [0.25, 0.3) is 0 Å². The van der Waals surface area contributed by atoms with Crippen LogP contribution in [-0.4, -0.2) is 47.5 Å². The molecule has 0 saturated heterocycles. The summed E-state index contributed by atoms with van der Waals surface area (Å²) in [5, 5.41) is 2.70. The van der Waals surface area contributed by atoms with Crippen molar-refractivity contribution in [2.75, 3.05) is 19.3 Å². The molecule has 0 aliphatic heterocycles. The van der Waals surface area contributed by atoms with Crippen LogP contribution in [0.25, 0.3) is 0 Å². The van der Waals surface area contributed by atoms with Gasteiger partial charge in [-0.1, -0.05) is 12.1 Å². The molecule has 25 heavy (non-hydrogen) atoms. The molecular weight excluding hydrogens is 347 g/mol. The molecule has 1 amide bonds. The quantitative estimate of drug-likeness (QED) is 0.669. The standard InChI is InChI=1S/C16H21FN4O3S/c1-25(23,24)21(11-14-3-5-15(17)6-4-14)12-16(22)19-7-2-9-20-10-8-18-13-20/h3-6,8,10,13H,2,7,9,11-12H2,1H3,(H,19,22). The Labute approximate surface area is 146 Å². The molecular formula is C16H21FN4O3S. The predicted octanol–water partition coefficient (Wildman–Crippen LogP) is 0.990. The van der Waals surface area contributed by atoms with Gasteiger partial charge in [-0.2, -0.15) is 4.31 Å². The van der Waals surface area contributed by atoms with E-state index in [1.165, 1.54) is 24.3 Å². The molecule has 0 aliphatic rings. The van der Waals surface area contributed by atoms with Crippen LogP contribution in [0.2, 0.25) is 0 Å². The van der Waals surface area contributed by atoms with Crippen LogP contribution in [0.4, 0.5) is 4.39 Å². The number of aryl methyl sites for hydroxylation is 1. The van der Waals surface area contributed by atoms with E-state index < -0.39 is 15.8 Å². The Morgan fingerprint density at radius 3 is 2.64 bits per heavy atom. The summed E-state index contributed by atoms with van der Waals surface area (Å²) in [5.74, 6) is -0.775. The van der Waals surface area contributed by atoms with E-state index in [1.807, 2.05) is 10.8 Å². The second kappa shape index (κ2) is 8.72. The third kappa shape index (κ3) is 6.63. The lowest BCUT2D eigenvalue weighted by molar-refractivity contribution is -0.121. The number of carbonyl (C=O) groups is 1. The maximum Gasteiger partial charge on any atom is 0.235 e. The van der Waals surface area contributed by atoms with Gasteiger partial charge < -0.3 is 9.88 Å². The summed E-state index contributed by atoms with van der Waals surface area (Å²) in [4.78, 5) is 15.9. The number of nitrogens with one attached hydrogen (secondary N) is 1. The number of nitrogens with zero attached hydrogens (tertiary/aromatic N) is 3. The van der Waals surface area contributed by atoms with E-state index in [1.54, 1.807) is 12.5 Å². The molecule has 2 rings (SSSR count). The van der Waals surface area contributed by atoms with E-state index in [4.69, 9.17) is 0 Å². The molecule has 9 heteroatoms. The Balaban J connectivity index is 1.83. The highest BCUT2D eigenvalue weighted by Crippen LogP contribution is 2.09. The van der Waals surface area contributed by atoms with Crippen molar-refractivity contribution in [1.82, 2.24) is 19.2 Å². The molecule has 1 aromatic heterocycles. The van der Waals surface area contributed by atoms with Crippen LogP contribution in [0.15, 0.2) is 43.0 Å². The number of benzene rings is 1. The average molecular weight is 368 g/mol. The largest absolute Gasteiger partial charge is 0.355 e. The molecule has 2 aromatic rings. The van der Waals surface area contributed by atoms with Gasteiger partial charge >= 0.3 is 0 Å². The third-order valence-electron chi connectivity index (χ3n) is 3.54. The second-order valence-corrected chi connectivity index (χ2v) is 7.64. The molecule has 1 heterocycles. The lowest BCUT2D eigenvalue weighted by Crippen LogP contribution is -2.40. The van der Waals surface area contributed by atoms with E-state index in [2.05, 4.69) is 10.3 Å². The molecule has 1 N–H and O–H groups in total. The Morgan fingerprint density at radius 2 is 2.04 bits per heavy atom. The minimum Gasteiger partial charge on any atom is -0.355 e. The smallest absolute Gasteiger partial charge is 0.235 e. The highest BCUT2D eigenvalue weighted by atomic mass is 32.2. The van der Waals surface area contributed by atoms with Crippen molar-refractivity contribution >= 4 is 15.9 Å². The van der Waals surface area contributed by atoms with E-state index in [-0.39, 0.29) is 19.0 Å². The Hall–Kier alpha value is -2.26. The van der Waals surface area contributed by atoms with Crippen LogP contribution >= 0.6 is 0 Å². The van der Waals surface area contributed by atoms with Crippen LogP contribution in [-0.2, 0) is 27.9 Å². The molecule has 0 saturated carbocycles. The number of imidazole rings is 1. The van der Waals surface area contributed by atoms with Gasteiger partial charge in [-0.25, -0.2) is 17.8 Å². The maximum absolute atomic E-state index is 12.9. The number of carbonyl (C=O) groups excluding carboxylic acids is 1. The minimum atomic E-state index is -3.57. The van der Waals surface area contributed by atoms with Crippen LogP contribution in [0.5, 0.6) is 0 Å². The van der Waals surface area contributed by atoms with Crippen LogP contribution < -0.4 is 5.32 Å². The van der Waals surface area contributed by atoms with E-state index in [0.717, 1.165) is 10.6 Å². The zero-order chi connectivity index (χ0) is 18.3. The van der Waals surface area contributed by atoms with E-state index in [0.29, 0.717) is 25.1 Å². The summed E-state index contributed by atoms with van der Waals surface area (Å²) in [6.45, 7) is 0.889. The summed E-state index contributed by atoms with van der Waals surface area (Å²) in [7, 11) is -3.57. The summed E-state index contributed by atoms with van der Waals surface area (Å²) < 4.78 is 39.7. The molecule has 0 fully saturated rings. The van der Waals surface area contributed by atoms with Crippen molar-refractivity contribution in [3.8, 4) is 0 Å². The zero-order valence-corrected chi connectivity index (χ0v) is 14.7. The Morgan fingerprint density at radius 1 is 1.32 bits per heavy atom. The number of hydrogen-bond donors (Lipinski definition) is 1. The minimum absolute atomic E-state index is 0.0154. The second-order valence-electron chi connectivity index (χ2n) is 5.66. The topological polar surface area (TPSA) is 84.3 Å². The zero-order valence-electron chi connectivity index (χ0n) is 13.9. The van der Waals surface area contributed by atoms with Crippen molar-refractivity contribution in [1.29, 1.82) is 0 Å². The van der Waals surface area contributed by atoms with Crippen molar-refractivity contribution in [3.05, 3.63) is 54.4 Å². The first-order valence-corrected chi connectivity index (χ1v) is 9.61. The van der Waals surface area contributed by atoms with Gasteiger partial charge in [0.2, 0.25) is 15.9 Å². The third-order valence-corrected chi connectivity index (χ3v) is 4.73. The summed E-state index contributed by atoms with van der Waals surface area (Å²) >= 11 is 0. The van der Waals surface area contributed by atoms with Crippen LogP contribution in [0.1, 0.15) is 12.0 Å². The first kappa shape index (κ1) is 19.1.